The van der Waals surface area contributed by atoms with Crippen molar-refractivity contribution in [2.24, 2.45) is 5.92 Å². The fraction of sp³-hybridized carbons (Fsp3) is 0.526. The van der Waals surface area contributed by atoms with Crippen molar-refractivity contribution < 1.29 is 30.0 Å². The minimum atomic E-state index is -1.47. The largest absolute Gasteiger partial charge is 0.394 e. The predicted octanol–water partition coefficient (Wildman–Crippen LogP) is 1.71. The smallest absolute Gasteiger partial charge is 0.273 e. The number of nitrogens with one attached hydrogen (secondary N) is 3. The van der Waals surface area contributed by atoms with Gasteiger partial charge in [-0.3, -0.25) is 14.5 Å². The number of carbonyl (C=O) groups excluding carboxylic acids is 2. The predicted molar refractivity (Wildman–Crippen MR) is 208 cm³/mol. The molecule has 15 heteroatoms. The standard InChI is InChI=1S/C38H57ClN8O6/c1-3-4-5-8-18-47(23-30(49)33(51)31(50)24-48)19-17-43-37(52)28-13-11-26(12-14-28)15-16-42-21-27(20-29-10-7-6-9-25(29)2)22-44-38(53)32-35(40)46-36(41)34(39)45-32/h6-7,9-14,27,30-31,33,42,48-51H,3-5,8,15-24H2,1-2H3,(H,43,52)(H,44,53)(H4,40,41,46)/t27?,30-,31+,33+/m0/s1. The number of aliphatic hydroxyl groups is 4. The molecular weight excluding hydrogens is 700 g/mol. The summed E-state index contributed by atoms with van der Waals surface area (Å²) in [5.74, 6) is -0.776. The highest BCUT2D eigenvalue weighted by atomic mass is 35.5. The van der Waals surface area contributed by atoms with Crippen molar-refractivity contribution in [3.05, 3.63) is 81.6 Å². The summed E-state index contributed by atoms with van der Waals surface area (Å²) in [7, 11) is 0. The minimum absolute atomic E-state index is 0.0404. The zero-order chi connectivity index (χ0) is 38.8. The zero-order valence-corrected chi connectivity index (χ0v) is 31.6. The lowest BCUT2D eigenvalue weighted by molar-refractivity contribution is -0.0840. The van der Waals surface area contributed by atoms with Gasteiger partial charge in [-0.25, -0.2) is 9.97 Å². The molecule has 3 aromatic rings. The first-order valence-electron chi connectivity index (χ1n) is 18.3. The first-order valence-corrected chi connectivity index (χ1v) is 18.7. The number of hydrogen-bond donors (Lipinski definition) is 9. The van der Waals surface area contributed by atoms with Crippen LogP contribution in [0.3, 0.4) is 0 Å². The van der Waals surface area contributed by atoms with Crippen LogP contribution in [0.15, 0.2) is 48.5 Å². The van der Waals surface area contributed by atoms with Crippen LogP contribution in [0.1, 0.15) is 70.1 Å². The van der Waals surface area contributed by atoms with Gasteiger partial charge in [0.25, 0.3) is 11.8 Å². The van der Waals surface area contributed by atoms with E-state index in [2.05, 4.69) is 51.9 Å². The number of unbranched alkanes of at least 4 members (excludes halogenated alkanes) is 3. The molecule has 0 saturated carbocycles. The number of anilines is 2. The van der Waals surface area contributed by atoms with Gasteiger partial charge in [0.15, 0.2) is 22.5 Å². The summed E-state index contributed by atoms with van der Waals surface area (Å²) in [6.45, 7) is 6.77. The molecule has 0 aliphatic rings. The highest BCUT2D eigenvalue weighted by molar-refractivity contribution is 6.31. The third kappa shape index (κ3) is 14.8. The van der Waals surface area contributed by atoms with Gasteiger partial charge < -0.3 is 47.8 Å². The Morgan fingerprint density at radius 3 is 2.30 bits per heavy atom. The summed E-state index contributed by atoms with van der Waals surface area (Å²) in [4.78, 5) is 35.7. The third-order valence-corrected chi connectivity index (χ3v) is 9.42. The Hall–Kier alpha value is -3.89. The Bertz CT molecular complexity index is 1570. The molecule has 0 aliphatic heterocycles. The van der Waals surface area contributed by atoms with E-state index in [1.165, 1.54) is 11.1 Å². The summed E-state index contributed by atoms with van der Waals surface area (Å²) < 4.78 is 0. The summed E-state index contributed by atoms with van der Waals surface area (Å²) in [6, 6.07) is 15.6. The van der Waals surface area contributed by atoms with Crippen LogP contribution in [0.25, 0.3) is 0 Å². The molecule has 0 radical (unpaired) electrons. The molecule has 1 aromatic heterocycles. The monoisotopic (exact) mass is 756 g/mol. The van der Waals surface area contributed by atoms with Crippen molar-refractivity contribution in [3.8, 4) is 0 Å². The molecule has 2 aromatic carbocycles. The Labute approximate surface area is 317 Å². The van der Waals surface area contributed by atoms with E-state index in [9.17, 15) is 24.9 Å². The average molecular weight is 757 g/mol. The van der Waals surface area contributed by atoms with Crippen LogP contribution in [-0.2, 0) is 12.8 Å². The fourth-order valence-electron chi connectivity index (χ4n) is 5.88. The van der Waals surface area contributed by atoms with Gasteiger partial charge in [0.05, 0.1) is 12.7 Å². The molecule has 4 atom stereocenters. The van der Waals surface area contributed by atoms with Crippen molar-refractivity contribution in [3.63, 3.8) is 0 Å². The molecule has 53 heavy (non-hydrogen) atoms. The highest BCUT2D eigenvalue weighted by Crippen LogP contribution is 2.18. The molecule has 0 spiro atoms. The van der Waals surface area contributed by atoms with E-state index in [0.29, 0.717) is 44.8 Å². The molecule has 2 amide bonds. The van der Waals surface area contributed by atoms with E-state index in [0.717, 1.165) is 44.1 Å². The highest BCUT2D eigenvalue weighted by Gasteiger charge is 2.26. The SMILES string of the molecule is CCCCCCN(CCNC(=O)c1ccc(CCNCC(CNC(=O)c2nc(Cl)c(N)nc2N)Cc2ccccc2C)cc1)C[C@H](O)[C@@H](O)[C@H](O)CO. The average Bonchev–Trinajstić information content (AvgIpc) is 3.15. The number of nitrogens with zero attached hydrogens (tertiary/aromatic N) is 3. The van der Waals surface area contributed by atoms with Crippen molar-refractivity contribution in [2.45, 2.75) is 70.7 Å². The van der Waals surface area contributed by atoms with Crippen LogP contribution in [0.5, 0.6) is 0 Å². The number of aliphatic hydroxyl groups excluding tert-OH is 4. The van der Waals surface area contributed by atoms with Gasteiger partial charge >= 0.3 is 0 Å². The Kier molecular flexibility index (Phi) is 18.9. The quantitative estimate of drug-likeness (QED) is 0.0595. The van der Waals surface area contributed by atoms with Crippen LogP contribution in [0.4, 0.5) is 11.6 Å². The molecule has 292 valence electrons. The van der Waals surface area contributed by atoms with Gasteiger partial charge in [0.1, 0.15) is 12.2 Å². The Morgan fingerprint density at radius 1 is 0.868 bits per heavy atom. The normalized spacial score (nSPS) is 13.7. The lowest BCUT2D eigenvalue weighted by Crippen LogP contribution is -2.47. The molecule has 14 nitrogen and oxygen atoms in total. The van der Waals surface area contributed by atoms with Crippen molar-refractivity contribution in [1.82, 2.24) is 30.8 Å². The number of nitrogen functional groups attached to an aromatic ring is 2. The van der Waals surface area contributed by atoms with E-state index < -0.39 is 30.8 Å². The van der Waals surface area contributed by atoms with Gasteiger partial charge in [-0.1, -0.05) is 74.2 Å². The Balaban J connectivity index is 1.49. The van der Waals surface area contributed by atoms with Gasteiger partial charge in [0, 0.05) is 31.7 Å². The molecule has 11 N–H and O–H groups in total. The third-order valence-electron chi connectivity index (χ3n) is 9.14. The number of rotatable bonds is 24. The van der Waals surface area contributed by atoms with Gasteiger partial charge in [-0.15, -0.1) is 0 Å². The number of amides is 2. The molecule has 0 fully saturated rings. The molecule has 0 bridgehead atoms. The summed E-state index contributed by atoms with van der Waals surface area (Å²) in [6.07, 6.45) is 1.44. The second-order valence-corrected chi connectivity index (χ2v) is 13.8. The van der Waals surface area contributed by atoms with Crippen LogP contribution in [-0.4, -0.2) is 118 Å². The number of benzene rings is 2. The molecule has 3 rings (SSSR count). The first kappa shape index (κ1) is 43.5. The first-order chi connectivity index (χ1) is 25.4. The van der Waals surface area contributed by atoms with Crippen LogP contribution in [0, 0.1) is 12.8 Å². The number of halogens is 1. The zero-order valence-electron chi connectivity index (χ0n) is 30.8. The second kappa shape index (κ2) is 23.0. The summed E-state index contributed by atoms with van der Waals surface area (Å²) in [5, 5.41) is 48.6. The van der Waals surface area contributed by atoms with E-state index >= 15 is 0 Å². The van der Waals surface area contributed by atoms with E-state index in [-0.39, 0.29) is 40.9 Å². The maximum atomic E-state index is 12.9. The summed E-state index contributed by atoms with van der Waals surface area (Å²) >= 11 is 5.97. The van der Waals surface area contributed by atoms with Crippen LogP contribution >= 0.6 is 11.6 Å². The number of hydrogen-bond acceptors (Lipinski definition) is 12. The maximum Gasteiger partial charge on any atom is 0.273 e. The molecule has 1 unspecified atom stereocenters. The summed E-state index contributed by atoms with van der Waals surface area (Å²) in [5.41, 5.74) is 15.4. The van der Waals surface area contributed by atoms with Crippen molar-refractivity contribution >= 4 is 35.1 Å². The van der Waals surface area contributed by atoms with Crippen molar-refractivity contribution in [2.75, 3.05) is 63.9 Å². The number of aromatic nitrogens is 2. The topological polar surface area (TPSA) is 232 Å². The number of nitrogens with two attached hydrogens (primary N) is 2. The molecule has 0 saturated heterocycles. The Morgan fingerprint density at radius 2 is 1.60 bits per heavy atom. The minimum Gasteiger partial charge on any atom is -0.394 e. The lowest BCUT2D eigenvalue weighted by atomic mass is 9.95. The lowest BCUT2D eigenvalue weighted by Gasteiger charge is -2.29. The number of aryl methyl sites for hydroxylation is 1. The second-order valence-electron chi connectivity index (χ2n) is 13.4. The number of carbonyl (C=O) groups is 2. The molecule has 0 aliphatic carbocycles. The molecular formula is C38H57ClN8O6. The maximum absolute atomic E-state index is 12.9. The van der Waals surface area contributed by atoms with Gasteiger partial charge in [-0.05, 0) is 80.6 Å². The van der Waals surface area contributed by atoms with E-state index in [1.807, 2.05) is 29.2 Å². The van der Waals surface area contributed by atoms with Crippen molar-refractivity contribution in [1.29, 1.82) is 0 Å². The van der Waals surface area contributed by atoms with Crippen LogP contribution in [0.2, 0.25) is 5.15 Å². The van der Waals surface area contributed by atoms with Crippen LogP contribution < -0.4 is 27.4 Å². The van der Waals surface area contributed by atoms with Gasteiger partial charge in [-0.2, -0.15) is 0 Å². The molecule has 1 heterocycles. The van der Waals surface area contributed by atoms with E-state index in [4.69, 9.17) is 28.2 Å². The fourth-order valence-corrected chi connectivity index (χ4v) is 6.01. The van der Waals surface area contributed by atoms with Gasteiger partial charge in [0.2, 0.25) is 0 Å². The van der Waals surface area contributed by atoms with E-state index in [1.54, 1.807) is 12.1 Å².